The molecule has 0 saturated carbocycles. The predicted molar refractivity (Wildman–Crippen MR) is 101 cm³/mol. The van der Waals surface area contributed by atoms with Gasteiger partial charge in [-0.1, -0.05) is 12.1 Å². The van der Waals surface area contributed by atoms with Crippen molar-refractivity contribution in [3.63, 3.8) is 0 Å². The summed E-state index contributed by atoms with van der Waals surface area (Å²) in [7, 11) is 0. The number of nitrogens with one attached hydrogen (secondary N) is 1. The van der Waals surface area contributed by atoms with E-state index in [1.54, 1.807) is 0 Å². The molecule has 1 saturated heterocycles. The maximum atomic E-state index is 13.1. The van der Waals surface area contributed by atoms with Gasteiger partial charge in [0.2, 0.25) is 0 Å². The number of aromatic nitrogens is 2. The van der Waals surface area contributed by atoms with Crippen LogP contribution >= 0.6 is 0 Å². The average molecular weight is 441 g/mol. The summed E-state index contributed by atoms with van der Waals surface area (Å²) in [5, 5.41) is 10.7. The minimum absolute atomic E-state index is 0.0467. The first-order valence-electron chi connectivity index (χ1n) is 8.98. The Balaban J connectivity index is 1.85. The number of nitrogens with two attached hydrogens (primary N) is 1. The molecule has 3 rings (SSSR count). The molecule has 13 heteroatoms. The molecule has 166 valence electrons. The molecule has 1 aliphatic rings. The van der Waals surface area contributed by atoms with E-state index in [0.29, 0.717) is 16.2 Å². The molecular weight excluding hydrogens is 423 g/mol. The Morgan fingerprint density at radius 2 is 1.94 bits per heavy atom. The van der Waals surface area contributed by atoms with Gasteiger partial charge in [-0.25, -0.2) is 9.59 Å². The Morgan fingerprint density at radius 1 is 1.26 bits per heavy atom. The van der Waals surface area contributed by atoms with Gasteiger partial charge in [-0.05, 0) is 23.8 Å². The molecule has 2 atom stereocenters. The third-order valence-electron chi connectivity index (χ3n) is 4.63. The van der Waals surface area contributed by atoms with E-state index in [1.165, 1.54) is 41.1 Å². The molecule has 1 aromatic heterocycles. The molecule has 31 heavy (non-hydrogen) atoms. The summed E-state index contributed by atoms with van der Waals surface area (Å²) in [5.41, 5.74) is 5.57. The van der Waals surface area contributed by atoms with Crippen molar-refractivity contribution in [3.05, 3.63) is 52.6 Å². The number of carboxylic acid groups (broad SMARTS) is 1. The van der Waals surface area contributed by atoms with Gasteiger partial charge in [0.1, 0.15) is 5.82 Å². The predicted octanol–water partition coefficient (Wildman–Crippen LogP) is 0.913. The molecule has 1 aromatic carbocycles. The second-order valence-corrected chi connectivity index (χ2v) is 6.71. The number of morpholine rings is 1. The Hall–Kier alpha value is -3.61. The normalized spacial score (nSPS) is 19.1. The number of nitrogens with zero attached hydrogens (tertiary/aromatic N) is 3. The Bertz CT molecular complexity index is 1020. The van der Waals surface area contributed by atoms with Crippen molar-refractivity contribution in [1.82, 2.24) is 19.8 Å². The van der Waals surface area contributed by atoms with Crippen LogP contribution in [-0.4, -0.2) is 63.5 Å². The van der Waals surface area contributed by atoms with Gasteiger partial charge in [-0.2, -0.15) is 18.2 Å². The van der Waals surface area contributed by atoms with Gasteiger partial charge in [0.25, 0.3) is 0 Å². The lowest BCUT2D eigenvalue weighted by atomic mass is 10.0. The second kappa shape index (κ2) is 8.63. The lowest BCUT2D eigenvalue weighted by Crippen LogP contribution is -2.54. The van der Waals surface area contributed by atoms with Gasteiger partial charge in [-0.3, -0.25) is 9.36 Å². The summed E-state index contributed by atoms with van der Waals surface area (Å²) in [5.74, 6) is -2.00. The molecule has 0 radical (unpaired) electrons. The second-order valence-electron chi connectivity index (χ2n) is 6.71. The standard InChI is InChI=1S/C18H18F3N5O5/c19-18(20,21)15(27)26-8-12(7-23-17(29)30)31-9-13(26)10-1-3-11(4-2-10)25-6-5-14(22)24-16(25)28/h1-6,12-13,23H,7-9H2,(H,29,30)(H2,22,24,28)/t12-,13?/m0/s1. The summed E-state index contributed by atoms with van der Waals surface area (Å²) in [6, 6.07) is 6.29. The third kappa shape index (κ3) is 5.12. The van der Waals surface area contributed by atoms with Crippen LogP contribution in [0.4, 0.5) is 23.8 Å². The number of nitrogen functional groups attached to an aromatic ring is 1. The summed E-state index contributed by atoms with van der Waals surface area (Å²) < 4.78 is 46.1. The molecule has 2 aromatic rings. The molecule has 0 spiro atoms. The van der Waals surface area contributed by atoms with E-state index in [1.807, 2.05) is 5.32 Å². The van der Waals surface area contributed by atoms with Crippen LogP contribution in [0.15, 0.2) is 41.3 Å². The maximum absolute atomic E-state index is 13.1. The quantitative estimate of drug-likeness (QED) is 0.641. The van der Waals surface area contributed by atoms with E-state index in [-0.39, 0.29) is 19.0 Å². The molecule has 1 unspecified atom stereocenters. The van der Waals surface area contributed by atoms with Crippen LogP contribution in [0.3, 0.4) is 0 Å². The van der Waals surface area contributed by atoms with Gasteiger partial charge in [0, 0.05) is 19.3 Å². The van der Waals surface area contributed by atoms with Gasteiger partial charge >= 0.3 is 23.9 Å². The van der Waals surface area contributed by atoms with E-state index in [4.69, 9.17) is 15.6 Å². The zero-order chi connectivity index (χ0) is 22.8. The van der Waals surface area contributed by atoms with Gasteiger partial charge in [0.05, 0.1) is 24.4 Å². The fraction of sp³-hybridized carbons (Fsp3) is 0.333. The van der Waals surface area contributed by atoms with Crippen molar-refractivity contribution < 1.29 is 32.6 Å². The van der Waals surface area contributed by atoms with Crippen molar-refractivity contribution in [1.29, 1.82) is 0 Å². The van der Waals surface area contributed by atoms with Crippen LogP contribution < -0.4 is 16.7 Å². The number of ether oxygens (including phenoxy) is 1. The van der Waals surface area contributed by atoms with Gasteiger partial charge < -0.3 is 25.8 Å². The molecule has 0 aliphatic carbocycles. The Morgan fingerprint density at radius 3 is 2.52 bits per heavy atom. The van der Waals surface area contributed by atoms with Gasteiger partial charge in [-0.15, -0.1) is 0 Å². The van der Waals surface area contributed by atoms with E-state index in [2.05, 4.69) is 4.98 Å². The summed E-state index contributed by atoms with van der Waals surface area (Å²) >= 11 is 0. The number of rotatable bonds is 4. The molecule has 0 bridgehead atoms. The highest BCUT2D eigenvalue weighted by atomic mass is 19.4. The topological polar surface area (TPSA) is 140 Å². The number of carbonyl (C=O) groups is 2. The number of hydrogen-bond acceptors (Lipinski definition) is 6. The SMILES string of the molecule is Nc1ccn(-c2ccc(C3CO[C@@H](CNC(=O)O)CN3C(=O)C(F)(F)F)cc2)c(=O)n1. The van der Waals surface area contributed by atoms with E-state index in [0.717, 1.165) is 0 Å². The summed E-state index contributed by atoms with van der Waals surface area (Å²) in [4.78, 5) is 38.8. The molecule has 10 nitrogen and oxygen atoms in total. The van der Waals surface area contributed by atoms with E-state index < -0.39 is 42.6 Å². The van der Waals surface area contributed by atoms with E-state index >= 15 is 0 Å². The summed E-state index contributed by atoms with van der Waals surface area (Å²) in [6.07, 6.45) is -5.99. The highest BCUT2D eigenvalue weighted by molar-refractivity contribution is 5.82. The third-order valence-corrected chi connectivity index (χ3v) is 4.63. The van der Waals surface area contributed by atoms with E-state index in [9.17, 15) is 27.6 Å². The van der Waals surface area contributed by atoms with Crippen molar-refractivity contribution >= 4 is 17.8 Å². The minimum atomic E-state index is -5.11. The van der Waals surface area contributed by atoms with Crippen LogP contribution in [0, 0.1) is 0 Å². The average Bonchev–Trinajstić information content (AvgIpc) is 2.71. The number of anilines is 1. The van der Waals surface area contributed by atoms with Crippen LogP contribution in [-0.2, 0) is 9.53 Å². The lowest BCUT2D eigenvalue weighted by Gasteiger charge is -2.40. The largest absolute Gasteiger partial charge is 0.471 e. The number of alkyl halides is 3. The lowest BCUT2D eigenvalue weighted by molar-refractivity contribution is -0.196. The maximum Gasteiger partial charge on any atom is 0.471 e. The Kier molecular flexibility index (Phi) is 6.15. The molecule has 2 amide bonds. The first-order valence-corrected chi connectivity index (χ1v) is 8.98. The zero-order valence-electron chi connectivity index (χ0n) is 15.9. The highest BCUT2D eigenvalue weighted by Crippen LogP contribution is 2.31. The van der Waals surface area contributed by atoms with Crippen LogP contribution in [0.2, 0.25) is 0 Å². The van der Waals surface area contributed by atoms with Crippen molar-refractivity contribution in [2.45, 2.75) is 18.3 Å². The molecular formula is C18H18F3N5O5. The van der Waals surface area contributed by atoms with Crippen molar-refractivity contribution in [2.24, 2.45) is 0 Å². The van der Waals surface area contributed by atoms with Crippen LogP contribution in [0.25, 0.3) is 5.69 Å². The molecule has 2 heterocycles. The molecule has 1 aliphatic heterocycles. The highest BCUT2D eigenvalue weighted by Gasteiger charge is 2.47. The first-order chi connectivity index (χ1) is 14.6. The monoisotopic (exact) mass is 441 g/mol. The number of carbonyl (C=O) groups excluding carboxylic acids is 1. The van der Waals surface area contributed by atoms with Crippen LogP contribution in [0.1, 0.15) is 11.6 Å². The number of halogens is 3. The number of amides is 2. The van der Waals surface area contributed by atoms with Gasteiger partial charge in [0.15, 0.2) is 0 Å². The summed E-state index contributed by atoms with van der Waals surface area (Å²) in [6.45, 7) is -0.988. The van der Waals surface area contributed by atoms with Crippen molar-refractivity contribution in [3.8, 4) is 5.69 Å². The van der Waals surface area contributed by atoms with Crippen molar-refractivity contribution in [2.75, 3.05) is 25.4 Å². The fourth-order valence-electron chi connectivity index (χ4n) is 3.17. The Labute approximate surface area is 173 Å². The fourth-order valence-corrected chi connectivity index (χ4v) is 3.17. The molecule has 1 fully saturated rings. The molecule has 4 N–H and O–H groups in total. The minimum Gasteiger partial charge on any atom is -0.465 e. The smallest absolute Gasteiger partial charge is 0.465 e. The first kappa shape index (κ1) is 22.1. The number of benzene rings is 1. The number of hydrogen-bond donors (Lipinski definition) is 3. The zero-order valence-corrected chi connectivity index (χ0v) is 15.9. The van der Waals surface area contributed by atoms with Crippen LogP contribution in [0.5, 0.6) is 0 Å².